The van der Waals surface area contributed by atoms with E-state index in [0.717, 1.165) is 4.47 Å². The Morgan fingerprint density at radius 3 is 2.71 bits per heavy atom. The summed E-state index contributed by atoms with van der Waals surface area (Å²) < 4.78 is 14.5. The molecule has 0 radical (unpaired) electrons. The standard InChI is InChI=1S/C15H15BrFN3O/c1-2-19-15(21)9-3-6-12(18)14(7-9)20-13-8-10(16)4-5-11(13)17/h3-8,20H,2,18H2,1H3,(H,19,21). The zero-order valence-electron chi connectivity index (χ0n) is 11.4. The van der Waals surface area contributed by atoms with Crippen molar-refractivity contribution in [2.75, 3.05) is 17.6 Å². The zero-order valence-corrected chi connectivity index (χ0v) is 13.0. The third-order valence-electron chi connectivity index (χ3n) is 2.85. The second-order valence-electron chi connectivity index (χ2n) is 4.41. The summed E-state index contributed by atoms with van der Waals surface area (Å²) in [6, 6.07) is 9.39. The molecule has 21 heavy (non-hydrogen) atoms. The average Bonchev–Trinajstić information content (AvgIpc) is 2.45. The van der Waals surface area contributed by atoms with Gasteiger partial charge in [0.2, 0.25) is 0 Å². The molecule has 2 aromatic carbocycles. The van der Waals surface area contributed by atoms with Crippen LogP contribution in [0.25, 0.3) is 0 Å². The van der Waals surface area contributed by atoms with Gasteiger partial charge in [-0.3, -0.25) is 4.79 Å². The molecule has 0 atom stereocenters. The molecule has 0 heterocycles. The molecule has 0 aliphatic carbocycles. The smallest absolute Gasteiger partial charge is 0.251 e. The summed E-state index contributed by atoms with van der Waals surface area (Å²) in [5, 5.41) is 5.61. The summed E-state index contributed by atoms with van der Waals surface area (Å²) in [4.78, 5) is 11.8. The summed E-state index contributed by atoms with van der Waals surface area (Å²) in [6.45, 7) is 2.37. The molecule has 2 rings (SSSR count). The van der Waals surface area contributed by atoms with Crippen molar-refractivity contribution in [3.63, 3.8) is 0 Å². The summed E-state index contributed by atoms with van der Waals surface area (Å²) in [6.07, 6.45) is 0. The normalized spacial score (nSPS) is 10.2. The highest BCUT2D eigenvalue weighted by atomic mass is 79.9. The first-order valence-electron chi connectivity index (χ1n) is 6.41. The van der Waals surface area contributed by atoms with Gasteiger partial charge in [-0.2, -0.15) is 0 Å². The van der Waals surface area contributed by atoms with Gasteiger partial charge in [0, 0.05) is 16.6 Å². The number of carbonyl (C=O) groups excluding carboxylic acids is 1. The van der Waals surface area contributed by atoms with E-state index >= 15 is 0 Å². The minimum absolute atomic E-state index is 0.199. The van der Waals surface area contributed by atoms with E-state index in [4.69, 9.17) is 5.73 Å². The van der Waals surface area contributed by atoms with Gasteiger partial charge in [0.25, 0.3) is 5.91 Å². The number of rotatable bonds is 4. The summed E-state index contributed by atoms with van der Waals surface area (Å²) in [7, 11) is 0. The number of amides is 1. The monoisotopic (exact) mass is 351 g/mol. The van der Waals surface area contributed by atoms with Crippen LogP contribution in [-0.2, 0) is 0 Å². The Labute approximate surface area is 130 Å². The van der Waals surface area contributed by atoms with Gasteiger partial charge >= 0.3 is 0 Å². The molecule has 0 saturated carbocycles. The van der Waals surface area contributed by atoms with Crippen molar-refractivity contribution in [3.8, 4) is 0 Å². The molecule has 0 aromatic heterocycles. The molecule has 0 unspecified atom stereocenters. The van der Waals surface area contributed by atoms with Crippen molar-refractivity contribution in [3.05, 3.63) is 52.3 Å². The number of nitrogen functional groups attached to an aromatic ring is 1. The van der Waals surface area contributed by atoms with Gasteiger partial charge in [-0.1, -0.05) is 15.9 Å². The number of halogens is 2. The van der Waals surface area contributed by atoms with Gasteiger partial charge in [-0.05, 0) is 43.3 Å². The lowest BCUT2D eigenvalue weighted by atomic mass is 10.1. The second-order valence-corrected chi connectivity index (χ2v) is 5.33. The SMILES string of the molecule is CCNC(=O)c1ccc(N)c(Nc2cc(Br)ccc2F)c1. The number of hydrogen-bond acceptors (Lipinski definition) is 3. The van der Waals surface area contributed by atoms with Crippen LogP contribution in [0.2, 0.25) is 0 Å². The lowest BCUT2D eigenvalue weighted by Crippen LogP contribution is -2.22. The average molecular weight is 352 g/mol. The fraction of sp³-hybridized carbons (Fsp3) is 0.133. The maximum absolute atomic E-state index is 13.8. The number of nitrogens with one attached hydrogen (secondary N) is 2. The molecule has 0 saturated heterocycles. The van der Waals surface area contributed by atoms with Gasteiger partial charge in [0.15, 0.2) is 0 Å². The van der Waals surface area contributed by atoms with Gasteiger partial charge in [0.1, 0.15) is 5.82 Å². The maximum atomic E-state index is 13.8. The Morgan fingerprint density at radius 1 is 1.24 bits per heavy atom. The Hall–Kier alpha value is -2.08. The van der Waals surface area contributed by atoms with Crippen LogP contribution >= 0.6 is 15.9 Å². The Kier molecular flexibility index (Phi) is 4.80. The Bertz CT molecular complexity index is 676. The van der Waals surface area contributed by atoms with Gasteiger partial charge in [0.05, 0.1) is 17.1 Å². The highest BCUT2D eigenvalue weighted by Gasteiger charge is 2.10. The largest absolute Gasteiger partial charge is 0.397 e. The number of anilines is 3. The van der Waals surface area contributed by atoms with Gasteiger partial charge in [-0.15, -0.1) is 0 Å². The molecule has 0 spiro atoms. The first kappa shape index (κ1) is 15.3. The predicted molar refractivity (Wildman–Crippen MR) is 86.2 cm³/mol. The first-order valence-corrected chi connectivity index (χ1v) is 7.20. The molecule has 4 N–H and O–H groups in total. The van der Waals surface area contributed by atoms with Crippen LogP contribution in [0, 0.1) is 5.82 Å². The molecule has 2 aromatic rings. The van der Waals surface area contributed by atoms with E-state index in [1.165, 1.54) is 6.07 Å². The van der Waals surface area contributed by atoms with Crippen molar-refractivity contribution in [2.45, 2.75) is 6.92 Å². The quantitative estimate of drug-likeness (QED) is 0.736. The molecule has 0 aliphatic heterocycles. The van der Waals surface area contributed by atoms with Crippen molar-refractivity contribution >= 4 is 38.9 Å². The van der Waals surface area contributed by atoms with Gasteiger partial charge < -0.3 is 16.4 Å². The van der Waals surface area contributed by atoms with Crippen LogP contribution < -0.4 is 16.4 Å². The van der Waals surface area contributed by atoms with E-state index in [0.29, 0.717) is 23.5 Å². The van der Waals surface area contributed by atoms with Crippen LogP contribution in [-0.4, -0.2) is 12.5 Å². The number of carbonyl (C=O) groups is 1. The van der Waals surface area contributed by atoms with E-state index < -0.39 is 5.82 Å². The molecule has 0 bridgehead atoms. The van der Waals surface area contributed by atoms with Crippen LogP contribution in [0.1, 0.15) is 17.3 Å². The number of nitrogens with two attached hydrogens (primary N) is 1. The lowest BCUT2D eigenvalue weighted by molar-refractivity contribution is 0.0956. The summed E-state index contributed by atoms with van der Waals surface area (Å²) in [5.74, 6) is -0.601. The van der Waals surface area contributed by atoms with Crippen molar-refractivity contribution in [2.24, 2.45) is 0 Å². The molecular formula is C15H15BrFN3O. The fourth-order valence-corrected chi connectivity index (χ4v) is 2.17. The summed E-state index contributed by atoms with van der Waals surface area (Å²) in [5.41, 5.74) is 7.53. The first-order chi connectivity index (χ1) is 10.0. The molecule has 0 fully saturated rings. The van der Waals surface area contributed by atoms with Crippen LogP contribution in [0.4, 0.5) is 21.5 Å². The minimum atomic E-state index is -0.402. The van der Waals surface area contributed by atoms with E-state index in [2.05, 4.69) is 26.6 Å². The highest BCUT2D eigenvalue weighted by Crippen LogP contribution is 2.28. The van der Waals surface area contributed by atoms with Crippen molar-refractivity contribution < 1.29 is 9.18 Å². The minimum Gasteiger partial charge on any atom is -0.397 e. The van der Waals surface area contributed by atoms with Crippen molar-refractivity contribution in [1.82, 2.24) is 5.32 Å². The molecule has 110 valence electrons. The molecule has 4 nitrogen and oxygen atoms in total. The number of hydrogen-bond donors (Lipinski definition) is 3. The van der Waals surface area contributed by atoms with Crippen LogP contribution in [0.15, 0.2) is 40.9 Å². The highest BCUT2D eigenvalue weighted by molar-refractivity contribution is 9.10. The van der Waals surface area contributed by atoms with Crippen molar-refractivity contribution in [1.29, 1.82) is 0 Å². The van der Waals surface area contributed by atoms with E-state index in [-0.39, 0.29) is 11.6 Å². The second kappa shape index (κ2) is 6.58. The van der Waals surface area contributed by atoms with Crippen LogP contribution in [0.3, 0.4) is 0 Å². The molecule has 6 heteroatoms. The fourth-order valence-electron chi connectivity index (χ4n) is 1.81. The topological polar surface area (TPSA) is 67.2 Å². The summed E-state index contributed by atoms with van der Waals surface area (Å²) >= 11 is 3.28. The Balaban J connectivity index is 2.33. The third-order valence-corrected chi connectivity index (χ3v) is 3.34. The maximum Gasteiger partial charge on any atom is 0.251 e. The number of benzene rings is 2. The van der Waals surface area contributed by atoms with E-state index in [1.54, 1.807) is 30.3 Å². The predicted octanol–water partition coefficient (Wildman–Crippen LogP) is 3.66. The van der Waals surface area contributed by atoms with E-state index in [9.17, 15) is 9.18 Å². The Morgan fingerprint density at radius 2 is 2.00 bits per heavy atom. The third kappa shape index (κ3) is 3.72. The molecule has 0 aliphatic rings. The lowest BCUT2D eigenvalue weighted by Gasteiger charge is -2.12. The van der Waals surface area contributed by atoms with E-state index in [1.807, 2.05) is 6.92 Å². The van der Waals surface area contributed by atoms with Crippen LogP contribution in [0.5, 0.6) is 0 Å². The zero-order chi connectivity index (χ0) is 15.4. The molecule has 1 amide bonds. The molecular weight excluding hydrogens is 337 g/mol. The van der Waals surface area contributed by atoms with Gasteiger partial charge in [-0.25, -0.2) is 4.39 Å².